The van der Waals surface area contributed by atoms with E-state index in [0.717, 1.165) is 12.1 Å². The molecule has 12 unspecified atom stereocenters. The zero-order valence-electron chi connectivity index (χ0n) is 54.9. The summed E-state index contributed by atoms with van der Waals surface area (Å²) < 4.78 is 39.0. The Bertz CT molecular complexity index is 3440. The summed E-state index contributed by atoms with van der Waals surface area (Å²) in [6, 6.07) is 7.54. The number of aliphatic hydroxyl groups is 2. The second-order valence-electron chi connectivity index (χ2n) is 23.3. The van der Waals surface area contributed by atoms with Gasteiger partial charge in [0.25, 0.3) is 11.8 Å². The molecule has 94 heavy (non-hydrogen) atoms. The van der Waals surface area contributed by atoms with Crippen LogP contribution in [0.3, 0.4) is 0 Å². The fraction of sp³-hybridized carbons (Fsp3) is 0.441. The molecule has 0 fully saturated rings. The Morgan fingerprint density at radius 2 is 1.02 bits per heavy atom. The summed E-state index contributed by atoms with van der Waals surface area (Å²) in [5, 5.41) is 74.6. The monoisotopic (exact) mass is 1310 g/mol. The summed E-state index contributed by atoms with van der Waals surface area (Å²) in [6.07, 6.45) is 7.76. The number of carbonyl (C=O) groups excluding carboxylic acids is 6. The zero-order chi connectivity index (χ0) is 69.7. The van der Waals surface area contributed by atoms with Crippen molar-refractivity contribution >= 4 is 71.0 Å². The van der Waals surface area contributed by atoms with Gasteiger partial charge in [0.2, 0.25) is 0 Å². The highest BCUT2D eigenvalue weighted by Gasteiger charge is 2.34. The van der Waals surface area contributed by atoms with E-state index in [1.807, 2.05) is 13.8 Å². The topological polar surface area (TPSA) is 398 Å². The van der Waals surface area contributed by atoms with E-state index in [4.69, 9.17) is 44.8 Å². The largest absolute Gasteiger partial charge is 0.506 e. The summed E-state index contributed by atoms with van der Waals surface area (Å²) >= 11 is 0. The maximum absolute atomic E-state index is 13.5. The summed E-state index contributed by atoms with van der Waals surface area (Å²) in [4.78, 5) is 91.8. The smallest absolute Gasteiger partial charge is 0.405 e. The maximum atomic E-state index is 13.5. The number of amides is 3. The number of aromatic hydroxyl groups is 4. The number of nitrogens with two attached hydrogens (primary N) is 2. The molecular formula is C68H88N6O20. The SMILES string of the molecule is COC1C=CC=C(C)C(=O)Nc2cc(O)c(N=CCOC(=O)c3ccc(C(=O)OCC=Nc4c(O)cc5c(O)c4CC(C)CC(OC)C(O)C(C)C=C(C)C(C(=O)ON)C(OC)C=CC=C(C)C(=O)N5)cc3)c(c2O)CC(C)CC(OC)C(O)C(C)C=C(C)C1OC(N)=O. The Labute approximate surface area is 546 Å². The lowest BCUT2D eigenvalue weighted by Gasteiger charge is -2.29. The third kappa shape index (κ3) is 20.5. The van der Waals surface area contributed by atoms with Gasteiger partial charge in [-0.1, -0.05) is 81.9 Å². The van der Waals surface area contributed by atoms with E-state index in [1.165, 1.54) is 109 Å². The van der Waals surface area contributed by atoms with Crippen LogP contribution in [0.2, 0.25) is 0 Å². The molecule has 0 aromatic heterocycles. The van der Waals surface area contributed by atoms with E-state index in [0.29, 0.717) is 11.1 Å². The van der Waals surface area contributed by atoms with Crippen LogP contribution < -0.4 is 22.3 Å². The number of primary amides is 1. The standard InChI is InChI=1S/C68H88N6O20/c1-35-27-45-56(49(75)33-47(60(45)79)73-63(81)37(3)15-13-17-51(87-9)55(67(85)94-70)39(5)31-40(6)58(77)53(29-35)89-11)71-23-25-91-65(83)43-19-21-44(22-20-43)66(84)92-26-24-72-57-46-28-36(2)30-54(90-12)59(78)41(7)32-42(8)62(93-68(69)86)52(88-10)18-14-16-38(4)64(82)74-48(61(46)80)34-50(57)76/h13-24,31-36,40-41,51-55,58-59,62,75-80H,25-30,70H2,1-12H3,(H2,69,86)(H,73,81)(H,74,82). The van der Waals surface area contributed by atoms with Crippen LogP contribution in [0.5, 0.6) is 23.0 Å². The highest BCUT2D eigenvalue weighted by atomic mass is 16.7. The van der Waals surface area contributed by atoms with Gasteiger partial charge in [0.05, 0.1) is 53.0 Å². The van der Waals surface area contributed by atoms with Gasteiger partial charge in [-0.15, -0.1) is 0 Å². The Balaban J connectivity index is 1.32. The van der Waals surface area contributed by atoms with Gasteiger partial charge in [-0.3, -0.25) is 19.6 Å². The van der Waals surface area contributed by atoms with Gasteiger partial charge >= 0.3 is 24.0 Å². The molecule has 12 atom stereocenters. The van der Waals surface area contributed by atoms with Gasteiger partial charge in [-0.25, -0.2) is 19.2 Å². The lowest BCUT2D eigenvalue weighted by molar-refractivity contribution is -0.151. The van der Waals surface area contributed by atoms with Crippen molar-refractivity contribution < 1.29 is 97.4 Å². The lowest BCUT2D eigenvalue weighted by Crippen LogP contribution is -2.37. The van der Waals surface area contributed by atoms with E-state index in [1.54, 1.807) is 45.9 Å². The molecule has 4 bridgehead atoms. The Kier molecular flexibility index (Phi) is 28.9. The molecule has 2 aliphatic rings. The number of nitrogens with zero attached hydrogens (tertiary/aromatic N) is 2. The molecule has 0 aliphatic carbocycles. The number of methoxy groups -OCH3 is 4. The molecule has 5 rings (SSSR count). The number of ether oxygens (including phenoxy) is 7. The van der Waals surface area contributed by atoms with Crippen LogP contribution in [0.25, 0.3) is 0 Å². The second-order valence-corrected chi connectivity index (χ2v) is 23.3. The number of anilines is 2. The summed E-state index contributed by atoms with van der Waals surface area (Å²) in [5.41, 5.74) is 6.60. The quantitative estimate of drug-likeness (QED) is 0.0138. The van der Waals surface area contributed by atoms with Crippen molar-refractivity contribution in [1.29, 1.82) is 0 Å². The van der Waals surface area contributed by atoms with Crippen LogP contribution in [0.1, 0.15) is 100 Å². The molecule has 26 heteroatoms. The van der Waals surface area contributed by atoms with Crippen molar-refractivity contribution in [2.75, 3.05) is 52.3 Å². The Morgan fingerprint density at radius 3 is 1.40 bits per heavy atom. The number of nitrogens with one attached hydrogen (secondary N) is 2. The minimum atomic E-state index is -1.10. The molecule has 2 aliphatic heterocycles. The number of aliphatic imine (C=N–C) groups is 2. The second kappa shape index (κ2) is 35.9. The number of hydrogen-bond acceptors (Lipinski definition) is 23. The first-order chi connectivity index (χ1) is 44.6. The minimum absolute atomic E-state index is 0.0345. The van der Waals surface area contributed by atoms with E-state index < -0.39 is 133 Å². The number of phenols is 4. The molecule has 26 nitrogen and oxygen atoms in total. The third-order valence-corrected chi connectivity index (χ3v) is 16.2. The molecule has 0 spiro atoms. The van der Waals surface area contributed by atoms with Crippen molar-refractivity contribution in [2.45, 2.75) is 124 Å². The predicted molar refractivity (Wildman–Crippen MR) is 350 cm³/mol. The molecule has 3 aromatic carbocycles. The molecule has 0 radical (unpaired) electrons. The van der Waals surface area contributed by atoms with Crippen molar-refractivity contribution in [1.82, 2.24) is 0 Å². The third-order valence-electron chi connectivity index (χ3n) is 16.2. The summed E-state index contributed by atoms with van der Waals surface area (Å²) in [5.74, 6) is -3.01. The van der Waals surface area contributed by atoms with E-state index >= 15 is 0 Å². The number of fused-ring (bicyclic) bond motifs is 4. The van der Waals surface area contributed by atoms with Crippen molar-refractivity contribution in [3.63, 3.8) is 0 Å². The van der Waals surface area contributed by atoms with Gasteiger partial charge in [0.1, 0.15) is 59.6 Å². The highest BCUT2D eigenvalue weighted by molar-refractivity contribution is 6.06. The van der Waals surface area contributed by atoms with Crippen LogP contribution in [0, 0.1) is 29.6 Å². The predicted octanol–water partition coefficient (Wildman–Crippen LogP) is 8.12. The fourth-order valence-electron chi connectivity index (χ4n) is 11.0. The molecule has 510 valence electrons. The van der Waals surface area contributed by atoms with Gasteiger partial charge < -0.3 is 85.0 Å². The fourth-order valence-corrected chi connectivity index (χ4v) is 11.0. The van der Waals surface area contributed by atoms with E-state index in [9.17, 15) is 59.4 Å². The lowest BCUT2D eigenvalue weighted by atomic mass is 9.86. The molecule has 0 saturated carbocycles. The van der Waals surface area contributed by atoms with Crippen LogP contribution >= 0.6 is 0 Å². The normalized spacial score (nSPS) is 24.9. The number of aliphatic hydroxyl groups excluding tert-OH is 2. The van der Waals surface area contributed by atoms with Gasteiger partial charge in [-0.05, 0) is 95.1 Å². The van der Waals surface area contributed by atoms with E-state index in [2.05, 4.69) is 25.5 Å². The first kappa shape index (κ1) is 75.7. The average Bonchev–Trinajstić information content (AvgIpc) is 0.867. The summed E-state index contributed by atoms with van der Waals surface area (Å²) in [6.45, 7) is 12.7. The van der Waals surface area contributed by atoms with Crippen LogP contribution in [0.15, 0.2) is 117 Å². The number of hydrogen-bond donors (Lipinski definition) is 10. The van der Waals surface area contributed by atoms with Gasteiger partial charge in [0.15, 0.2) is 6.10 Å². The maximum Gasteiger partial charge on any atom is 0.405 e. The number of esters is 2. The van der Waals surface area contributed by atoms with Crippen molar-refractivity contribution in [3.8, 4) is 23.0 Å². The molecule has 3 aromatic rings. The molecule has 0 saturated heterocycles. The Morgan fingerprint density at radius 1 is 0.617 bits per heavy atom. The van der Waals surface area contributed by atoms with Crippen LogP contribution in [-0.2, 0) is 65.2 Å². The molecule has 12 N–H and O–H groups in total. The minimum Gasteiger partial charge on any atom is -0.506 e. The number of allylic oxidation sites excluding steroid dienone is 4. The number of rotatable bonds is 14. The number of carbonyl (C=O) groups is 6. The number of phenolic OH excluding ortho intramolecular Hbond substituents is 4. The van der Waals surface area contributed by atoms with Crippen molar-refractivity contribution in [2.24, 2.45) is 51.2 Å². The zero-order valence-corrected chi connectivity index (χ0v) is 54.9. The molecular weight excluding hydrogens is 1220 g/mol. The van der Waals surface area contributed by atoms with Crippen LogP contribution in [0.4, 0.5) is 27.5 Å². The highest BCUT2D eigenvalue weighted by Crippen LogP contribution is 2.46. The Hall–Kier alpha value is -9.02. The van der Waals surface area contributed by atoms with Gasteiger partial charge in [-0.2, -0.15) is 5.90 Å². The van der Waals surface area contributed by atoms with Gasteiger partial charge in [0, 0.05) is 87.1 Å². The first-order valence-corrected chi connectivity index (χ1v) is 30.3. The molecule has 3 amide bonds. The van der Waals surface area contributed by atoms with Crippen molar-refractivity contribution in [3.05, 3.63) is 130 Å². The molecule has 2 heterocycles. The van der Waals surface area contributed by atoms with E-state index in [-0.39, 0.29) is 93.7 Å². The number of benzene rings is 3. The average molecular weight is 1310 g/mol. The summed E-state index contributed by atoms with van der Waals surface area (Å²) in [7, 11) is 5.66. The van der Waals surface area contributed by atoms with Crippen LogP contribution in [-0.4, -0.2) is 163 Å². The first-order valence-electron chi connectivity index (χ1n) is 30.3.